The first-order valence-electron chi connectivity index (χ1n) is 22.4. The first kappa shape index (κ1) is 54.0. The van der Waals surface area contributed by atoms with Crippen LogP contribution in [-0.2, 0) is 49.0 Å². The molecular formula is C51H85N3O8. The van der Waals surface area contributed by atoms with Crippen molar-refractivity contribution < 1.29 is 38.8 Å². The van der Waals surface area contributed by atoms with Crippen LogP contribution in [0.4, 0.5) is 14.4 Å². The lowest BCUT2D eigenvalue weighted by Gasteiger charge is -2.32. The summed E-state index contributed by atoms with van der Waals surface area (Å²) in [4.78, 5) is 46.3. The van der Waals surface area contributed by atoms with Gasteiger partial charge in [0.25, 0.3) is 0 Å². The Kier molecular flexibility index (Phi) is 17.2. The summed E-state index contributed by atoms with van der Waals surface area (Å²) in [5, 5.41) is 22.7. The van der Waals surface area contributed by atoms with Crippen molar-refractivity contribution in [3.05, 3.63) is 57.6 Å². The topological polar surface area (TPSA) is 129 Å². The van der Waals surface area contributed by atoms with Crippen molar-refractivity contribution in [3.8, 4) is 11.5 Å². The molecule has 0 heterocycles. The van der Waals surface area contributed by atoms with E-state index < -0.39 is 35.1 Å². The van der Waals surface area contributed by atoms with Crippen LogP contribution in [0.15, 0.2) is 24.3 Å². The van der Waals surface area contributed by atoms with Crippen LogP contribution in [0.2, 0.25) is 0 Å². The van der Waals surface area contributed by atoms with Gasteiger partial charge in [-0.2, -0.15) is 0 Å². The van der Waals surface area contributed by atoms with Crippen LogP contribution in [0.3, 0.4) is 0 Å². The van der Waals surface area contributed by atoms with E-state index in [2.05, 4.69) is 83.1 Å². The number of hydrogen-bond acceptors (Lipinski definition) is 8. The van der Waals surface area contributed by atoms with Crippen LogP contribution in [0, 0.1) is 0 Å². The predicted molar refractivity (Wildman–Crippen MR) is 251 cm³/mol. The van der Waals surface area contributed by atoms with Crippen LogP contribution in [-0.4, -0.2) is 86.2 Å². The lowest BCUT2D eigenvalue weighted by Crippen LogP contribution is -2.42. The van der Waals surface area contributed by atoms with E-state index >= 15 is 0 Å². The van der Waals surface area contributed by atoms with E-state index in [0.717, 1.165) is 33.4 Å². The molecule has 352 valence electrons. The second-order valence-corrected chi connectivity index (χ2v) is 24.1. The highest BCUT2D eigenvalue weighted by Gasteiger charge is 2.31. The number of nitrogens with zero attached hydrogens (tertiary/aromatic N) is 3. The number of phenolic OH excluding ortho intramolecular Hbond substituents is 2. The van der Waals surface area contributed by atoms with Gasteiger partial charge in [0.1, 0.15) is 28.3 Å². The monoisotopic (exact) mass is 868 g/mol. The van der Waals surface area contributed by atoms with Crippen LogP contribution < -0.4 is 0 Å². The summed E-state index contributed by atoms with van der Waals surface area (Å²) >= 11 is 0. The molecule has 62 heavy (non-hydrogen) atoms. The van der Waals surface area contributed by atoms with Gasteiger partial charge in [-0.25, -0.2) is 14.4 Å². The highest BCUT2D eigenvalue weighted by atomic mass is 16.6. The largest absolute Gasteiger partial charge is 0.507 e. The number of ether oxygens (including phenoxy) is 3. The molecule has 0 saturated heterocycles. The van der Waals surface area contributed by atoms with Crippen LogP contribution in [0.25, 0.3) is 0 Å². The van der Waals surface area contributed by atoms with Gasteiger partial charge in [0, 0.05) is 39.3 Å². The summed E-state index contributed by atoms with van der Waals surface area (Å²) in [6.07, 6.45) is -0.602. The van der Waals surface area contributed by atoms with E-state index in [0.29, 0.717) is 12.8 Å². The fourth-order valence-corrected chi connectivity index (χ4v) is 6.95. The molecule has 0 atom stereocenters. The summed E-state index contributed by atoms with van der Waals surface area (Å²) in [6, 6.07) is 7.88. The van der Waals surface area contributed by atoms with Gasteiger partial charge in [-0.05, 0) is 154 Å². The molecule has 0 spiro atoms. The molecule has 11 nitrogen and oxygen atoms in total. The van der Waals surface area contributed by atoms with E-state index in [1.165, 1.54) is 0 Å². The second-order valence-electron chi connectivity index (χ2n) is 24.1. The van der Waals surface area contributed by atoms with Crippen LogP contribution in [0.1, 0.15) is 192 Å². The van der Waals surface area contributed by atoms with Crippen molar-refractivity contribution in [2.45, 2.75) is 210 Å². The Balaban J connectivity index is 2.49. The second kappa shape index (κ2) is 19.7. The summed E-state index contributed by atoms with van der Waals surface area (Å²) in [5.74, 6) is 0.534. The number of benzene rings is 2. The Morgan fingerprint density at radius 2 is 0.613 bits per heavy atom. The molecule has 0 aliphatic carbocycles. The van der Waals surface area contributed by atoms with Crippen molar-refractivity contribution in [1.29, 1.82) is 0 Å². The van der Waals surface area contributed by atoms with Crippen LogP contribution in [0.5, 0.6) is 11.5 Å². The average molecular weight is 868 g/mol. The Hall–Kier alpha value is -4.15. The van der Waals surface area contributed by atoms with E-state index in [-0.39, 0.29) is 72.4 Å². The van der Waals surface area contributed by atoms with Gasteiger partial charge < -0.3 is 39.1 Å². The molecule has 2 aromatic rings. The average Bonchev–Trinajstić information content (AvgIpc) is 3.03. The Bertz CT molecular complexity index is 1660. The zero-order valence-corrected chi connectivity index (χ0v) is 42.7. The molecule has 0 aliphatic heterocycles. The zero-order valence-electron chi connectivity index (χ0n) is 42.7. The number of carbonyl (C=O) groups is 3. The number of phenols is 2. The standard InChI is InChI=1S/C51H85N3O8/c1-45(2,3)36-28-34(29-37(40(36)55)46(4,5)6)32-53(43(58)61-50(16,17)18)26-22-24-52(42(57)60-49(13,14)15)25-23-27-54(44(59)62-51(19,20)21)33-35-30-38(47(7,8)9)41(56)39(31-35)48(10,11)12/h28-31,55-56H,22-27,32-33H2,1-21H3. The van der Waals surface area contributed by atoms with Crippen molar-refractivity contribution in [2.75, 3.05) is 26.2 Å². The first-order chi connectivity index (χ1) is 27.7. The Morgan fingerprint density at radius 3 is 0.823 bits per heavy atom. The summed E-state index contributed by atoms with van der Waals surface area (Å²) in [5.41, 5.74) is 1.33. The summed E-state index contributed by atoms with van der Waals surface area (Å²) < 4.78 is 17.6. The highest BCUT2D eigenvalue weighted by Crippen LogP contribution is 2.41. The molecule has 0 aliphatic rings. The predicted octanol–water partition coefficient (Wildman–Crippen LogP) is 12.5. The van der Waals surface area contributed by atoms with Gasteiger partial charge in [-0.1, -0.05) is 83.1 Å². The van der Waals surface area contributed by atoms with E-state index in [4.69, 9.17) is 14.2 Å². The lowest BCUT2D eigenvalue weighted by molar-refractivity contribution is 0.0178. The molecule has 11 heteroatoms. The third kappa shape index (κ3) is 17.2. The molecule has 0 fully saturated rings. The first-order valence-corrected chi connectivity index (χ1v) is 22.4. The minimum Gasteiger partial charge on any atom is -0.507 e. The minimum absolute atomic E-state index is 0.240. The Morgan fingerprint density at radius 1 is 0.403 bits per heavy atom. The fraction of sp³-hybridized carbons (Fsp3) is 0.706. The van der Waals surface area contributed by atoms with E-state index in [9.17, 15) is 24.6 Å². The SMILES string of the molecule is CC(C)(C)OC(=O)N(CCCN(Cc1cc(C(C)(C)C)c(O)c(C(C)(C)C)c1)C(=O)OC(C)(C)C)CCCN(Cc1cc(C(C)(C)C)c(O)c(C(C)(C)C)c1)C(=O)OC(C)(C)C. The zero-order chi connectivity index (χ0) is 48.2. The number of carbonyl (C=O) groups excluding carboxylic acids is 3. The number of aromatic hydroxyl groups is 2. The normalized spacial score (nSPS) is 13.1. The lowest BCUT2D eigenvalue weighted by atomic mass is 9.78. The maximum absolute atomic E-state index is 13.8. The fourth-order valence-electron chi connectivity index (χ4n) is 6.95. The van der Waals surface area contributed by atoms with Gasteiger partial charge in [-0.15, -0.1) is 0 Å². The molecule has 0 aromatic heterocycles. The van der Waals surface area contributed by atoms with Crippen molar-refractivity contribution in [1.82, 2.24) is 14.7 Å². The molecule has 0 bridgehead atoms. The molecule has 0 radical (unpaired) electrons. The Labute approximate surface area is 375 Å². The summed E-state index contributed by atoms with van der Waals surface area (Å²) in [6.45, 7) is 42.7. The maximum atomic E-state index is 13.8. The third-order valence-corrected chi connectivity index (χ3v) is 9.99. The molecule has 2 aromatic carbocycles. The van der Waals surface area contributed by atoms with E-state index in [1.807, 2.05) is 86.6 Å². The molecule has 2 N–H and O–H groups in total. The third-order valence-electron chi connectivity index (χ3n) is 9.99. The molecule has 0 unspecified atom stereocenters. The molecular weight excluding hydrogens is 783 g/mol. The van der Waals surface area contributed by atoms with Gasteiger partial charge in [-0.3, -0.25) is 0 Å². The van der Waals surface area contributed by atoms with Crippen molar-refractivity contribution in [3.63, 3.8) is 0 Å². The van der Waals surface area contributed by atoms with Crippen molar-refractivity contribution >= 4 is 18.3 Å². The highest BCUT2D eigenvalue weighted by molar-refractivity contribution is 5.70. The number of amides is 3. The number of hydrogen-bond donors (Lipinski definition) is 2. The smallest absolute Gasteiger partial charge is 0.410 e. The molecule has 2 rings (SSSR count). The van der Waals surface area contributed by atoms with Gasteiger partial charge in [0.2, 0.25) is 0 Å². The maximum Gasteiger partial charge on any atom is 0.410 e. The number of rotatable bonds is 12. The van der Waals surface area contributed by atoms with Crippen molar-refractivity contribution in [2.24, 2.45) is 0 Å². The molecule has 3 amide bonds. The van der Waals surface area contributed by atoms with Gasteiger partial charge in [0.15, 0.2) is 0 Å². The van der Waals surface area contributed by atoms with E-state index in [1.54, 1.807) is 14.7 Å². The quantitative estimate of drug-likeness (QED) is 0.202. The molecule has 0 saturated carbocycles. The summed E-state index contributed by atoms with van der Waals surface area (Å²) in [7, 11) is 0. The van der Waals surface area contributed by atoms with Crippen LogP contribution >= 0.6 is 0 Å². The minimum atomic E-state index is -0.747. The van der Waals surface area contributed by atoms with Gasteiger partial charge in [0.05, 0.1) is 0 Å². The van der Waals surface area contributed by atoms with Gasteiger partial charge >= 0.3 is 18.3 Å².